The quantitative estimate of drug-likeness (QED) is 0.684. The largest absolute Gasteiger partial charge is 0.493 e. The predicted octanol–water partition coefficient (Wildman–Crippen LogP) is 3.43. The molecule has 1 aliphatic heterocycles. The van der Waals surface area contributed by atoms with Crippen LogP contribution in [0.2, 0.25) is 5.02 Å². The van der Waals surface area contributed by atoms with E-state index in [0.29, 0.717) is 40.2 Å². The number of carbonyl (C=O) groups is 2. The van der Waals surface area contributed by atoms with Gasteiger partial charge >= 0.3 is 0 Å². The van der Waals surface area contributed by atoms with Crippen molar-refractivity contribution in [2.24, 2.45) is 0 Å². The summed E-state index contributed by atoms with van der Waals surface area (Å²) >= 11 is 7.11. The van der Waals surface area contributed by atoms with E-state index in [2.05, 4.69) is 0 Å². The van der Waals surface area contributed by atoms with Crippen molar-refractivity contribution in [2.45, 2.75) is 6.92 Å². The molecule has 6 nitrogen and oxygen atoms in total. The summed E-state index contributed by atoms with van der Waals surface area (Å²) in [5, 5.41) is 0.0633. The number of methoxy groups -OCH3 is 2. The highest BCUT2D eigenvalue weighted by atomic mass is 35.5. The molecule has 2 rings (SSSR count). The van der Waals surface area contributed by atoms with E-state index in [1.165, 1.54) is 14.2 Å². The first-order valence-corrected chi connectivity index (χ1v) is 8.45. The molecule has 1 heterocycles. The van der Waals surface area contributed by atoms with Crippen LogP contribution in [0.15, 0.2) is 17.0 Å². The average molecular weight is 372 g/mol. The van der Waals surface area contributed by atoms with Crippen LogP contribution < -0.4 is 9.47 Å². The van der Waals surface area contributed by atoms with Crippen molar-refractivity contribution >= 4 is 40.6 Å². The number of carbonyl (C=O) groups excluding carboxylic acids is 2. The number of rotatable bonds is 7. The molecule has 8 heteroatoms. The van der Waals surface area contributed by atoms with Crippen LogP contribution in [0.3, 0.4) is 0 Å². The van der Waals surface area contributed by atoms with Gasteiger partial charge in [0.25, 0.3) is 11.1 Å². The number of amides is 2. The predicted molar refractivity (Wildman–Crippen MR) is 93.7 cm³/mol. The van der Waals surface area contributed by atoms with E-state index in [-0.39, 0.29) is 17.7 Å². The Balaban J connectivity index is 2.30. The molecule has 0 radical (unpaired) electrons. The third-order valence-electron chi connectivity index (χ3n) is 3.23. The molecule has 130 valence electrons. The Hall–Kier alpha value is -1.70. The third-order valence-corrected chi connectivity index (χ3v) is 4.42. The zero-order chi connectivity index (χ0) is 17.7. The van der Waals surface area contributed by atoms with Gasteiger partial charge in [0, 0.05) is 7.11 Å². The normalized spacial score (nSPS) is 16.2. The number of thioether (sulfide) groups is 1. The van der Waals surface area contributed by atoms with Crippen molar-refractivity contribution in [3.05, 3.63) is 27.6 Å². The molecule has 1 aliphatic rings. The Morgan fingerprint density at radius 2 is 2.04 bits per heavy atom. The fourth-order valence-corrected chi connectivity index (χ4v) is 3.27. The molecule has 0 aromatic heterocycles. The lowest BCUT2D eigenvalue weighted by atomic mass is 10.1. The van der Waals surface area contributed by atoms with Crippen molar-refractivity contribution in [1.82, 2.24) is 4.90 Å². The van der Waals surface area contributed by atoms with Gasteiger partial charge in [-0.05, 0) is 42.5 Å². The maximum Gasteiger partial charge on any atom is 0.293 e. The summed E-state index contributed by atoms with van der Waals surface area (Å²) in [5.74, 6) is 0.576. The molecule has 1 fully saturated rings. The Morgan fingerprint density at radius 3 is 2.67 bits per heavy atom. The van der Waals surface area contributed by atoms with E-state index in [4.69, 9.17) is 25.8 Å². The number of ether oxygens (including phenoxy) is 3. The second-order valence-electron chi connectivity index (χ2n) is 4.79. The van der Waals surface area contributed by atoms with E-state index >= 15 is 0 Å². The fraction of sp³-hybridized carbons (Fsp3) is 0.375. The zero-order valence-electron chi connectivity index (χ0n) is 13.6. The van der Waals surface area contributed by atoms with Gasteiger partial charge in [-0.2, -0.15) is 0 Å². The van der Waals surface area contributed by atoms with E-state index in [1.807, 2.05) is 6.92 Å². The molecule has 0 aliphatic carbocycles. The summed E-state index contributed by atoms with van der Waals surface area (Å²) in [6.45, 7) is 2.83. The van der Waals surface area contributed by atoms with Crippen LogP contribution in [0.1, 0.15) is 12.5 Å². The number of nitrogens with zero attached hydrogens (tertiary/aromatic N) is 1. The van der Waals surface area contributed by atoms with Crippen molar-refractivity contribution in [1.29, 1.82) is 0 Å². The van der Waals surface area contributed by atoms with Crippen LogP contribution in [0.5, 0.6) is 11.5 Å². The van der Waals surface area contributed by atoms with Crippen LogP contribution in [-0.4, -0.2) is 50.0 Å². The lowest BCUT2D eigenvalue weighted by Crippen LogP contribution is -2.31. The van der Waals surface area contributed by atoms with E-state index < -0.39 is 0 Å². The van der Waals surface area contributed by atoms with Crippen LogP contribution in [0.25, 0.3) is 6.08 Å². The molecule has 0 bridgehead atoms. The standard InChI is InChI=1S/C16H18ClNO5S/c1-4-23-14-11(17)7-10(8-12(14)22-3)9-13-15(19)18(5-6-21-2)16(20)24-13/h7-9H,4-6H2,1-3H3/b13-9+. The van der Waals surface area contributed by atoms with Crippen molar-refractivity contribution in [3.63, 3.8) is 0 Å². The number of imide groups is 1. The summed E-state index contributed by atoms with van der Waals surface area (Å²) in [5.41, 5.74) is 0.651. The zero-order valence-corrected chi connectivity index (χ0v) is 15.2. The first-order chi connectivity index (χ1) is 11.5. The second kappa shape index (κ2) is 8.41. The molecule has 0 unspecified atom stereocenters. The van der Waals surface area contributed by atoms with Crippen LogP contribution in [-0.2, 0) is 9.53 Å². The second-order valence-corrected chi connectivity index (χ2v) is 6.19. The van der Waals surface area contributed by atoms with Gasteiger partial charge in [-0.3, -0.25) is 14.5 Å². The SMILES string of the molecule is CCOc1c(Cl)cc(/C=C2/SC(=O)N(CCOC)C2=O)cc1OC. The van der Waals surface area contributed by atoms with Gasteiger partial charge in [0.15, 0.2) is 11.5 Å². The molecule has 1 saturated heterocycles. The van der Waals surface area contributed by atoms with E-state index in [0.717, 1.165) is 16.7 Å². The molecule has 0 atom stereocenters. The molecular weight excluding hydrogens is 354 g/mol. The third kappa shape index (κ3) is 4.03. The molecule has 2 amide bonds. The van der Waals surface area contributed by atoms with Crippen molar-refractivity contribution in [3.8, 4) is 11.5 Å². The molecular formula is C16H18ClNO5S. The van der Waals surface area contributed by atoms with Gasteiger partial charge in [0.1, 0.15) is 0 Å². The molecule has 0 N–H and O–H groups in total. The summed E-state index contributed by atoms with van der Waals surface area (Å²) in [4.78, 5) is 25.7. The number of hydrogen-bond acceptors (Lipinski definition) is 6. The lowest BCUT2D eigenvalue weighted by molar-refractivity contribution is -0.123. The smallest absolute Gasteiger partial charge is 0.293 e. The van der Waals surface area contributed by atoms with Gasteiger partial charge < -0.3 is 14.2 Å². The summed E-state index contributed by atoms with van der Waals surface area (Å²) in [6, 6.07) is 3.37. The van der Waals surface area contributed by atoms with Crippen molar-refractivity contribution < 1.29 is 23.8 Å². The topological polar surface area (TPSA) is 65.1 Å². The Labute approximate surface area is 149 Å². The molecule has 0 saturated carbocycles. The Bertz CT molecular complexity index is 677. The van der Waals surface area contributed by atoms with Crippen LogP contribution in [0.4, 0.5) is 4.79 Å². The minimum absolute atomic E-state index is 0.228. The number of hydrogen-bond donors (Lipinski definition) is 0. The summed E-state index contributed by atoms with van der Waals surface area (Å²) < 4.78 is 15.7. The minimum atomic E-state index is -0.342. The number of halogens is 1. The summed E-state index contributed by atoms with van der Waals surface area (Å²) in [7, 11) is 3.03. The van der Waals surface area contributed by atoms with Gasteiger partial charge in [-0.1, -0.05) is 11.6 Å². The van der Waals surface area contributed by atoms with E-state index in [1.54, 1.807) is 18.2 Å². The van der Waals surface area contributed by atoms with Gasteiger partial charge in [-0.15, -0.1) is 0 Å². The van der Waals surface area contributed by atoms with E-state index in [9.17, 15) is 9.59 Å². The molecule has 0 spiro atoms. The molecule has 1 aromatic carbocycles. The minimum Gasteiger partial charge on any atom is -0.493 e. The maximum absolute atomic E-state index is 12.3. The molecule has 1 aromatic rings. The fourth-order valence-electron chi connectivity index (χ4n) is 2.13. The van der Waals surface area contributed by atoms with Gasteiger partial charge in [0.05, 0.1) is 36.8 Å². The first kappa shape index (κ1) is 18.6. The lowest BCUT2D eigenvalue weighted by Gasteiger charge is -2.12. The van der Waals surface area contributed by atoms with Gasteiger partial charge in [-0.25, -0.2) is 0 Å². The highest BCUT2D eigenvalue weighted by Crippen LogP contribution is 2.38. The Morgan fingerprint density at radius 1 is 1.29 bits per heavy atom. The van der Waals surface area contributed by atoms with Crippen LogP contribution >= 0.6 is 23.4 Å². The summed E-state index contributed by atoms with van der Waals surface area (Å²) in [6.07, 6.45) is 1.61. The monoisotopic (exact) mass is 371 g/mol. The highest BCUT2D eigenvalue weighted by Gasteiger charge is 2.34. The highest BCUT2D eigenvalue weighted by molar-refractivity contribution is 8.18. The van der Waals surface area contributed by atoms with Crippen LogP contribution in [0, 0.1) is 0 Å². The maximum atomic E-state index is 12.3. The average Bonchev–Trinajstić information content (AvgIpc) is 2.81. The first-order valence-electron chi connectivity index (χ1n) is 7.26. The van der Waals surface area contributed by atoms with Crippen molar-refractivity contribution in [2.75, 3.05) is 34.0 Å². The molecule has 24 heavy (non-hydrogen) atoms. The number of benzene rings is 1. The Kier molecular flexibility index (Phi) is 6.53. The van der Waals surface area contributed by atoms with Gasteiger partial charge in [0.2, 0.25) is 0 Å².